The molecule has 0 bridgehead atoms. The molecule has 256 valence electrons. The lowest BCUT2D eigenvalue weighted by Gasteiger charge is -2.40. The number of rotatable bonds is 13. The van der Waals surface area contributed by atoms with E-state index in [4.69, 9.17) is 20.5 Å². The quantitative estimate of drug-likeness (QED) is 0.0576. The maximum absolute atomic E-state index is 13.1. The van der Waals surface area contributed by atoms with E-state index in [1.165, 1.54) is 4.67 Å². The molecule has 49 heavy (non-hydrogen) atoms. The molecule has 12 nitrogen and oxygen atoms in total. The van der Waals surface area contributed by atoms with Crippen molar-refractivity contribution in [3.8, 4) is 0 Å². The number of fused-ring (bicyclic) bond motifs is 1. The summed E-state index contributed by atoms with van der Waals surface area (Å²) in [5, 5.41) is 7.23. The van der Waals surface area contributed by atoms with Crippen LogP contribution in [0, 0.1) is 0 Å². The summed E-state index contributed by atoms with van der Waals surface area (Å²) >= 11 is 6.34. The van der Waals surface area contributed by atoms with Crippen molar-refractivity contribution < 1.29 is 18.6 Å². The number of carbonyl (C=O) groups is 1. The van der Waals surface area contributed by atoms with Gasteiger partial charge in [-0.25, -0.2) is 19.6 Å². The third-order valence-electron chi connectivity index (χ3n) is 8.64. The monoisotopic (exact) mass is 702 g/mol. The van der Waals surface area contributed by atoms with E-state index in [9.17, 15) is 9.36 Å². The van der Waals surface area contributed by atoms with Crippen molar-refractivity contribution in [2.45, 2.75) is 36.5 Å². The molecule has 1 saturated heterocycles. The molecule has 4 aromatic rings. The van der Waals surface area contributed by atoms with E-state index in [0.717, 1.165) is 28.8 Å². The molecule has 1 fully saturated rings. The van der Waals surface area contributed by atoms with Crippen molar-refractivity contribution in [3.05, 3.63) is 119 Å². The number of hydrogen-bond donors (Lipinski definition) is 2. The van der Waals surface area contributed by atoms with E-state index in [2.05, 4.69) is 49.9 Å². The molecule has 0 spiro atoms. The van der Waals surface area contributed by atoms with Gasteiger partial charge in [0.05, 0.1) is 37.3 Å². The molecule has 3 heterocycles. The molecule has 6 rings (SSSR count). The number of ether oxygens (including phenoxy) is 1. The average molecular weight is 703 g/mol. The van der Waals surface area contributed by atoms with Crippen molar-refractivity contribution in [2.75, 3.05) is 40.1 Å². The minimum Gasteiger partial charge on any atom is -0.369 e. The molecule has 0 saturated carbocycles. The lowest BCUT2D eigenvalue weighted by Crippen LogP contribution is -2.53. The zero-order valence-electron chi connectivity index (χ0n) is 27.8. The second-order valence-electron chi connectivity index (χ2n) is 12.3. The lowest BCUT2D eigenvalue weighted by atomic mass is 9.76. The number of aliphatic imine (C=N–C) groups is 2. The molecule has 0 aliphatic carbocycles. The van der Waals surface area contributed by atoms with Crippen molar-refractivity contribution in [3.63, 3.8) is 0 Å². The van der Waals surface area contributed by atoms with Crippen LogP contribution in [0.4, 0.5) is 5.82 Å². The number of nitrogens with zero attached hydrogens (tertiary/aromatic N) is 6. The van der Waals surface area contributed by atoms with Gasteiger partial charge in [-0.05, 0) is 42.0 Å². The first-order valence-corrected chi connectivity index (χ1v) is 18.4. The Morgan fingerprint density at radius 1 is 1.04 bits per heavy atom. The number of anilines is 1. The summed E-state index contributed by atoms with van der Waals surface area (Å²) in [7, 11) is 7.02. The van der Waals surface area contributed by atoms with Crippen molar-refractivity contribution in [1.29, 1.82) is 0 Å². The normalized spacial score (nSPS) is 21.8. The Balaban J connectivity index is 1.43. The summed E-state index contributed by atoms with van der Waals surface area (Å²) in [6.45, 7) is -3.65. The molecular weight excluding hydrogens is 663 g/mol. The van der Waals surface area contributed by atoms with Gasteiger partial charge < -0.3 is 19.5 Å². The molecule has 5 unspecified atom stereocenters. The number of imidazole rings is 1. The van der Waals surface area contributed by atoms with Crippen LogP contribution in [-0.2, 0) is 19.4 Å². The molecule has 14 heteroatoms. The largest absolute Gasteiger partial charge is 0.369 e. The zero-order chi connectivity index (χ0) is 34.6. The van der Waals surface area contributed by atoms with Gasteiger partial charge in [0.1, 0.15) is 24.0 Å². The van der Waals surface area contributed by atoms with Gasteiger partial charge in [-0.2, -0.15) is 0 Å². The Bertz CT molecular complexity index is 1800. The Kier molecular flexibility index (Phi) is 10.4. The molecule has 2 N–H and O–H groups in total. The number of benzene rings is 3. The molecule has 1 aromatic heterocycles. The fourth-order valence-electron chi connectivity index (χ4n) is 6.18. The molecule has 2 aliphatic rings. The van der Waals surface area contributed by atoms with Crippen molar-refractivity contribution in [1.82, 2.24) is 24.4 Å². The summed E-state index contributed by atoms with van der Waals surface area (Å²) in [5.41, 5.74) is 3.25. The van der Waals surface area contributed by atoms with Gasteiger partial charge in [-0.3, -0.25) is 19.2 Å². The van der Waals surface area contributed by atoms with Crippen LogP contribution in [0.2, 0.25) is 0 Å². The summed E-state index contributed by atoms with van der Waals surface area (Å²) in [5.74, 6) is 0.722. The first kappa shape index (κ1) is 34.7. The van der Waals surface area contributed by atoms with E-state index in [-0.39, 0.29) is 12.6 Å². The Morgan fingerprint density at radius 2 is 1.67 bits per heavy atom. The lowest BCUT2D eigenvalue weighted by molar-refractivity contribution is -0.0222. The van der Waals surface area contributed by atoms with Gasteiger partial charge in [0.15, 0.2) is 6.17 Å². The third-order valence-corrected chi connectivity index (χ3v) is 11.3. The van der Waals surface area contributed by atoms with Crippen LogP contribution in [0.5, 0.6) is 0 Å². The number of nitrogens with one attached hydrogen (secondary N) is 2. The summed E-state index contributed by atoms with van der Waals surface area (Å²) in [6, 6.07) is 27.5. The van der Waals surface area contributed by atoms with Crippen LogP contribution in [0.3, 0.4) is 0 Å². The Labute approximate surface area is 291 Å². The average Bonchev–Trinajstić information content (AvgIpc) is 3.73. The minimum atomic E-state index is -3.60. The molecule has 2 aliphatic heterocycles. The number of carbonyl (C=O) groups excluding carboxylic acids is 1. The standard InChI is InChI=1S/C35H40ClN8O4P/c1-42(2)23-40-33-32-34(38-22-37-33)44(24-39-32)31-19-29(30(48-31)21-47-49(36,46)43(3)4)41-35(26-11-7-5-8-12-26,27-13-9-6-10-14-27)28-17-15-25(20-45)16-18-28/h5-18,20,22-24,29-31,33,41H,19,21H2,1-4H3,(H,37,38). The van der Waals surface area contributed by atoms with Crippen LogP contribution >= 0.6 is 18.1 Å². The Hall–Kier alpha value is -4.16. The summed E-state index contributed by atoms with van der Waals surface area (Å²) in [4.78, 5) is 27.2. The van der Waals surface area contributed by atoms with Gasteiger partial charge in [0.25, 0.3) is 0 Å². The summed E-state index contributed by atoms with van der Waals surface area (Å²) in [6.07, 6.45) is 4.79. The van der Waals surface area contributed by atoms with E-state index in [1.807, 2.05) is 84.2 Å². The van der Waals surface area contributed by atoms with Gasteiger partial charge in [-0.1, -0.05) is 84.9 Å². The minimum absolute atomic E-state index is 0.0433. The second-order valence-corrected chi connectivity index (χ2v) is 15.6. The molecule has 0 amide bonds. The predicted molar refractivity (Wildman–Crippen MR) is 192 cm³/mol. The van der Waals surface area contributed by atoms with Crippen LogP contribution in [-0.4, -0.2) is 85.0 Å². The van der Waals surface area contributed by atoms with Gasteiger partial charge >= 0.3 is 6.87 Å². The number of halogens is 1. The van der Waals surface area contributed by atoms with Gasteiger partial charge in [0, 0.05) is 32.1 Å². The van der Waals surface area contributed by atoms with Crippen molar-refractivity contribution >= 4 is 42.9 Å². The first-order valence-electron chi connectivity index (χ1n) is 15.9. The highest BCUT2D eigenvalue weighted by Gasteiger charge is 2.46. The second kappa shape index (κ2) is 14.8. The molecule has 5 atom stereocenters. The fourth-order valence-corrected chi connectivity index (χ4v) is 6.91. The summed E-state index contributed by atoms with van der Waals surface area (Å²) < 4.78 is 29.1. The van der Waals surface area contributed by atoms with Gasteiger partial charge in [0.2, 0.25) is 0 Å². The maximum Gasteiger partial charge on any atom is 0.362 e. The topological polar surface area (TPSA) is 126 Å². The van der Waals surface area contributed by atoms with E-state index >= 15 is 0 Å². The zero-order valence-corrected chi connectivity index (χ0v) is 29.4. The molecule has 0 radical (unpaired) electrons. The fraction of sp³-hybridized carbons (Fsp3) is 0.314. The number of hydrogen-bond acceptors (Lipinski definition) is 9. The predicted octanol–water partition coefficient (Wildman–Crippen LogP) is 5.90. The van der Waals surface area contributed by atoms with Crippen molar-refractivity contribution in [2.24, 2.45) is 9.98 Å². The van der Waals surface area contributed by atoms with Crippen LogP contribution in [0.15, 0.2) is 101 Å². The number of aromatic nitrogens is 2. The first-order chi connectivity index (χ1) is 23.6. The van der Waals surface area contributed by atoms with Crippen LogP contribution in [0.1, 0.15) is 51.6 Å². The van der Waals surface area contributed by atoms with E-state index < -0.39 is 30.9 Å². The van der Waals surface area contributed by atoms with E-state index in [1.54, 1.807) is 33.1 Å². The third kappa shape index (κ3) is 7.26. The Morgan fingerprint density at radius 3 is 2.27 bits per heavy atom. The smallest absolute Gasteiger partial charge is 0.362 e. The highest BCUT2D eigenvalue weighted by atomic mass is 35.7. The molecular formula is C35H40ClN8O4P. The number of aldehydes is 1. The van der Waals surface area contributed by atoms with Crippen LogP contribution in [0.25, 0.3) is 0 Å². The molecule has 3 aromatic carbocycles. The SMILES string of the molecule is CN(C)C=NC1N=CNc2c1ncn2C1CC(NC(c2ccccc2)(c2ccccc2)c2ccc(C=O)cc2)C(COP(=O)(Cl)N(C)C)O1. The van der Waals surface area contributed by atoms with Gasteiger partial charge in [-0.15, -0.1) is 0 Å². The highest BCUT2D eigenvalue weighted by Crippen LogP contribution is 2.54. The van der Waals surface area contributed by atoms with E-state index in [0.29, 0.717) is 17.7 Å². The van der Waals surface area contributed by atoms with Crippen LogP contribution < -0.4 is 10.6 Å². The highest BCUT2D eigenvalue weighted by molar-refractivity contribution is 7.83. The maximum atomic E-state index is 13.1.